The highest BCUT2D eigenvalue weighted by Gasteiger charge is 2.56. The van der Waals surface area contributed by atoms with Crippen LogP contribution in [0.25, 0.3) is 0 Å². The van der Waals surface area contributed by atoms with Crippen molar-refractivity contribution in [3.05, 3.63) is 65.2 Å². The van der Waals surface area contributed by atoms with Crippen LogP contribution in [0.5, 0.6) is 0 Å². The Kier molecular flexibility index (Phi) is 8.77. The van der Waals surface area contributed by atoms with Crippen molar-refractivity contribution in [2.75, 3.05) is 19.7 Å². The number of likely N-dealkylation sites (tertiary alicyclic amines) is 1. The fraction of sp³-hybridized carbons (Fsp3) is 0.517. The first-order chi connectivity index (χ1) is 19.6. The summed E-state index contributed by atoms with van der Waals surface area (Å²) < 4.78 is 102. The van der Waals surface area contributed by atoms with Gasteiger partial charge < -0.3 is 14.7 Å². The van der Waals surface area contributed by atoms with Gasteiger partial charge in [-0.05, 0) is 81.8 Å². The van der Waals surface area contributed by atoms with Crippen LogP contribution < -0.4 is 0 Å². The lowest BCUT2D eigenvalue weighted by Crippen LogP contribution is -2.44. The molecule has 230 valence electrons. The van der Waals surface area contributed by atoms with Crippen molar-refractivity contribution < 1.29 is 49.8 Å². The minimum absolute atomic E-state index is 0.0410. The second-order valence-corrected chi connectivity index (χ2v) is 13.3. The Morgan fingerprint density at radius 3 is 2.14 bits per heavy atom. The molecule has 0 radical (unpaired) electrons. The summed E-state index contributed by atoms with van der Waals surface area (Å²) in [5.74, 6) is -4.42. The molecule has 2 aromatic rings. The molecule has 42 heavy (non-hydrogen) atoms. The van der Waals surface area contributed by atoms with E-state index in [4.69, 9.17) is 4.74 Å². The first-order valence-electron chi connectivity index (χ1n) is 13.6. The normalized spacial score (nSPS) is 24.8. The van der Waals surface area contributed by atoms with Gasteiger partial charge in [0.2, 0.25) is 5.91 Å². The Balaban J connectivity index is 1.76. The van der Waals surface area contributed by atoms with E-state index >= 15 is 4.39 Å². The first-order valence-corrected chi connectivity index (χ1v) is 15.1. The van der Waals surface area contributed by atoms with Gasteiger partial charge in [0.05, 0.1) is 10.8 Å². The van der Waals surface area contributed by atoms with Gasteiger partial charge in [-0.15, -0.1) is 0 Å². The van der Waals surface area contributed by atoms with Gasteiger partial charge in [-0.25, -0.2) is 17.2 Å². The highest BCUT2D eigenvalue weighted by molar-refractivity contribution is 7.92. The standard InChI is InChI=1S/C29H32F5NO6S/c1-3-41-27(2,29(32,33)34)23-13-8-20(16-24(23)31)28(42(39,40)22-11-9-21(30)10-12-22)14-15-35(17-28)25(36)18-4-6-19(7-5-18)26(37)38/h8-13,16,18-19H,3-7,14-15,17H2,1-2H3,(H,37,38)/t18?,19?,27?,28-/m0/s1. The van der Waals surface area contributed by atoms with Crippen LogP contribution in [-0.2, 0) is 34.5 Å². The number of carboxylic acid groups (broad SMARTS) is 1. The fourth-order valence-electron chi connectivity index (χ4n) is 6.05. The zero-order chi connectivity index (χ0) is 31.1. The van der Waals surface area contributed by atoms with Crippen molar-refractivity contribution in [1.82, 2.24) is 4.90 Å². The third-order valence-electron chi connectivity index (χ3n) is 8.59. The number of nitrogens with zero attached hydrogens (tertiary/aromatic N) is 1. The quantitative estimate of drug-likeness (QED) is 0.307. The number of rotatable bonds is 8. The molecular formula is C29H32F5NO6S. The van der Waals surface area contributed by atoms with E-state index in [0.717, 1.165) is 42.5 Å². The van der Waals surface area contributed by atoms with Crippen LogP contribution in [0, 0.1) is 23.5 Å². The number of carbonyl (C=O) groups excluding carboxylic acids is 1. The molecule has 7 nitrogen and oxygen atoms in total. The molecular weight excluding hydrogens is 585 g/mol. The summed E-state index contributed by atoms with van der Waals surface area (Å²) in [6.07, 6.45) is -3.98. The number of benzene rings is 2. The topological polar surface area (TPSA) is 101 Å². The molecule has 1 N–H and O–H groups in total. The summed E-state index contributed by atoms with van der Waals surface area (Å²) in [5, 5.41) is 9.26. The number of carboxylic acids is 1. The van der Waals surface area contributed by atoms with Crippen LogP contribution in [0.1, 0.15) is 57.1 Å². The molecule has 1 amide bonds. The van der Waals surface area contributed by atoms with Crippen molar-refractivity contribution in [3.63, 3.8) is 0 Å². The number of sulfone groups is 1. The lowest BCUT2D eigenvalue weighted by molar-refractivity contribution is -0.277. The molecule has 1 unspecified atom stereocenters. The van der Waals surface area contributed by atoms with E-state index in [1.54, 1.807) is 0 Å². The van der Waals surface area contributed by atoms with Gasteiger partial charge in [-0.1, -0.05) is 12.1 Å². The molecule has 1 saturated carbocycles. The van der Waals surface area contributed by atoms with Crippen molar-refractivity contribution in [3.8, 4) is 0 Å². The maximum atomic E-state index is 15.6. The molecule has 2 aromatic carbocycles. The predicted octanol–water partition coefficient (Wildman–Crippen LogP) is 5.57. The molecule has 0 aromatic heterocycles. The zero-order valence-corrected chi connectivity index (χ0v) is 23.9. The maximum absolute atomic E-state index is 15.6. The minimum Gasteiger partial charge on any atom is -0.481 e. The molecule has 2 fully saturated rings. The Labute approximate surface area is 240 Å². The number of ether oxygens (including phenoxy) is 1. The molecule has 2 aliphatic rings. The van der Waals surface area contributed by atoms with Crippen molar-refractivity contribution in [2.45, 2.75) is 67.4 Å². The third-order valence-corrected chi connectivity index (χ3v) is 11.1. The number of hydrogen-bond donors (Lipinski definition) is 1. The number of amides is 1. The Hall–Kier alpha value is -3.06. The SMILES string of the molecule is CCOC(C)(c1ccc([C@]2(S(=O)(=O)c3ccc(F)cc3)CCN(C(=O)C3CCC(C(=O)O)CC3)C2)cc1F)C(F)(F)F. The molecule has 0 bridgehead atoms. The Morgan fingerprint density at radius 2 is 1.62 bits per heavy atom. The summed E-state index contributed by atoms with van der Waals surface area (Å²) in [5.41, 5.74) is -3.98. The maximum Gasteiger partial charge on any atom is 0.421 e. The van der Waals surface area contributed by atoms with Gasteiger partial charge >= 0.3 is 12.1 Å². The second-order valence-electron chi connectivity index (χ2n) is 11.0. The average molecular weight is 618 g/mol. The Bertz CT molecular complexity index is 1440. The van der Waals surface area contributed by atoms with E-state index < -0.39 is 67.9 Å². The summed E-state index contributed by atoms with van der Waals surface area (Å²) in [7, 11) is -4.45. The highest BCUT2D eigenvalue weighted by Crippen LogP contribution is 2.47. The average Bonchev–Trinajstić information content (AvgIpc) is 3.40. The van der Waals surface area contributed by atoms with Crippen LogP contribution >= 0.6 is 0 Å². The molecule has 0 spiro atoms. The molecule has 4 rings (SSSR count). The molecule has 1 aliphatic carbocycles. The van der Waals surface area contributed by atoms with E-state index in [9.17, 15) is 40.7 Å². The Morgan fingerprint density at radius 1 is 1.02 bits per heavy atom. The van der Waals surface area contributed by atoms with Gasteiger partial charge in [-0.3, -0.25) is 9.59 Å². The second kappa shape index (κ2) is 11.6. The van der Waals surface area contributed by atoms with Gasteiger partial charge in [0.1, 0.15) is 16.4 Å². The van der Waals surface area contributed by atoms with Crippen molar-refractivity contribution >= 4 is 21.7 Å². The number of alkyl halides is 3. The lowest BCUT2D eigenvalue weighted by atomic mass is 9.81. The molecule has 1 saturated heterocycles. The van der Waals surface area contributed by atoms with E-state index in [-0.39, 0.29) is 35.9 Å². The van der Waals surface area contributed by atoms with Gasteiger partial charge in [0.15, 0.2) is 15.4 Å². The molecule has 1 heterocycles. The molecule has 2 atom stereocenters. The van der Waals surface area contributed by atoms with E-state index in [1.165, 1.54) is 11.8 Å². The molecule has 1 aliphatic heterocycles. The largest absolute Gasteiger partial charge is 0.481 e. The third kappa shape index (κ3) is 5.52. The van der Waals surface area contributed by atoms with E-state index in [2.05, 4.69) is 0 Å². The van der Waals surface area contributed by atoms with E-state index in [1.807, 2.05) is 0 Å². The number of halogens is 5. The van der Waals surface area contributed by atoms with Gasteiger partial charge in [0.25, 0.3) is 0 Å². The van der Waals surface area contributed by atoms with Crippen LogP contribution in [0.2, 0.25) is 0 Å². The first kappa shape index (κ1) is 31.9. The number of hydrogen-bond acceptors (Lipinski definition) is 5. The summed E-state index contributed by atoms with van der Waals surface area (Å²) in [4.78, 5) is 25.8. The smallest absolute Gasteiger partial charge is 0.421 e. The van der Waals surface area contributed by atoms with Gasteiger partial charge in [-0.2, -0.15) is 13.2 Å². The fourth-order valence-corrected chi connectivity index (χ4v) is 8.12. The monoisotopic (exact) mass is 617 g/mol. The van der Waals surface area contributed by atoms with Crippen LogP contribution in [0.4, 0.5) is 22.0 Å². The number of aliphatic carboxylic acids is 1. The predicted molar refractivity (Wildman–Crippen MR) is 141 cm³/mol. The minimum atomic E-state index is -4.99. The van der Waals surface area contributed by atoms with Crippen molar-refractivity contribution in [1.29, 1.82) is 0 Å². The summed E-state index contributed by atoms with van der Waals surface area (Å²) >= 11 is 0. The summed E-state index contributed by atoms with van der Waals surface area (Å²) in [6.45, 7) is 1.20. The van der Waals surface area contributed by atoms with Crippen molar-refractivity contribution in [2.24, 2.45) is 11.8 Å². The van der Waals surface area contributed by atoms with Gasteiger partial charge in [0, 0.05) is 31.2 Å². The van der Waals surface area contributed by atoms with Crippen LogP contribution in [0.15, 0.2) is 47.4 Å². The zero-order valence-electron chi connectivity index (χ0n) is 23.1. The highest BCUT2D eigenvalue weighted by atomic mass is 32.2. The molecule has 13 heteroatoms. The number of carbonyl (C=O) groups is 2. The van der Waals surface area contributed by atoms with E-state index in [0.29, 0.717) is 32.6 Å². The van der Waals surface area contributed by atoms with Crippen LogP contribution in [0.3, 0.4) is 0 Å². The summed E-state index contributed by atoms with van der Waals surface area (Å²) in [6, 6.07) is 6.68. The van der Waals surface area contributed by atoms with Crippen LogP contribution in [-0.4, -0.2) is 56.2 Å². The lowest BCUT2D eigenvalue weighted by Gasteiger charge is -2.34.